The van der Waals surface area contributed by atoms with E-state index in [1.54, 1.807) is 42.5 Å². The number of pyridine rings is 1. The average Bonchev–Trinajstić information content (AvgIpc) is 2.92. The number of hydrogen-bond donors (Lipinski definition) is 1. The summed E-state index contributed by atoms with van der Waals surface area (Å²) < 4.78 is 0. The van der Waals surface area contributed by atoms with E-state index < -0.39 is 0 Å². The van der Waals surface area contributed by atoms with Gasteiger partial charge in [-0.2, -0.15) is 0 Å². The smallest absolute Gasteiger partial charge is 0.253 e. The van der Waals surface area contributed by atoms with Crippen molar-refractivity contribution in [1.82, 2.24) is 9.88 Å². The van der Waals surface area contributed by atoms with Crippen molar-refractivity contribution in [2.45, 2.75) is 12.8 Å². The third-order valence-corrected chi connectivity index (χ3v) is 3.81. The summed E-state index contributed by atoms with van der Waals surface area (Å²) in [7, 11) is 1.79. The van der Waals surface area contributed by atoms with Crippen LogP contribution in [0.3, 0.4) is 0 Å². The van der Waals surface area contributed by atoms with E-state index in [1.165, 1.54) is 0 Å². The Morgan fingerprint density at radius 3 is 2.82 bits per heavy atom. The number of likely N-dealkylation sites (N-methyl/N-ethyl adjacent to an activating group) is 1. The van der Waals surface area contributed by atoms with Crippen molar-refractivity contribution in [3.05, 3.63) is 59.4 Å². The summed E-state index contributed by atoms with van der Waals surface area (Å²) in [5.41, 5.74) is 3.46. The summed E-state index contributed by atoms with van der Waals surface area (Å²) in [5, 5.41) is 2.77. The molecule has 0 atom stereocenters. The minimum atomic E-state index is -0.0313. The second kappa shape index (κ2) is 5.97. The number of nitrogens with one attached hydrogen (secondary N) is 1. The summed E-state index contributed by atoms with van der Waals surface area (Å²) in [6, 6.07) is 9.26. The van der Waals surface area contributed by atoms with E-state index in [2.05, 4.69) is 10.3 Å². The first-order chi connectivity index (χ1) is 10.6. The molecule has 1 aromatic heterocycles. The first-order valence-corrected chi connectivity index (χ1v) is 7.20. The standard InChI is InChI=1S/C17H17N3O2/c1-20(9-6-12-4-7-18-8-5-12)17(22)13-2-3-15-14(10-13)11-16(21)19-15/h2-5,7-8,10H,6,9,11H2,1H3,(H,19,21). The van der Waals surface area contributed by atoms with E-state index in [0.717, 1.165) is 23.2 Å². The molecule has 1 aliphatic heterocycles. The van der Waals surface area contributed by atoms with Gasteiger partial charge in [0.25, 0.3) is 5.91 Å². The Hall–Kier alpha value is -2.69. The molecule has 0 radical (unpaired) electrons. The van der Waals surface area contributed by atoms with Gasteiger partial charge in [0.05, 0.1) is 6.42 Å². The van der Waals surface area contributed by atoms with Crippen LogP contribution >= 0.6 is 0 Å². The van der Waals surface area contributed by atoms with Gasteiger partial charge in [0.1, 0.15) is 0 Å². The van der Waals surface area contributed by atoms with Gasteiger partial charge in [-0.15, -0.1) is 0 Å². The van der Waals surface area contributed by atoms with Crippen LogP contribution in [-0.4, -0.2) is 35.3 Å². The number of nitrogens with zero attached hydrogens (tertiary/aromatic N) is 2. The highest BCUT2D eigenvalue weighted by molar-refractivity contribution is 6.01. The van der Waals surface area contributed by atoms with Crippen molar-refractivity contribution in [2.24, 2.45) is 0 Å². The SMILES string of the molecule is CN(CCc1ccncc1)C(=O)c1ccc2c(c1)CC(=O)N2. The van der Waals surface area contributed by atoms with Gasteiger partial charge in [0.15, 0.2) is 0 Å². The zero-order chi connectivity index (χ0) is 15.5. The van der Waals surface area contributed by atoms with Crippen molar-refractivity contribution in [3.63, 3.8) is 0 Å². The van der Waals surface area contributed by atoms with Gasteiger partial charge in [-0.3, -0.25) is 14.6 Å². The van der Waals surface area contributed by atoms with Gasteiger partial charge in [0, 0.05) is 37.2 Å². The minimum Gasteiger partial charge on any atom is -0.341 e. The van der Waals surface area contributed by atoms with Crippen LogP contribution in [0.2, 0.25) is 0 Å². The van der Waals surface area contributed by atoms with Crippen molar-refractivity contribution in [1.29, 1.82) is 0 Å². The van der Waals surface area contributed by atoms with Crippen molar-refractivity contribution >= 4 is 17.5 Å². The fraction of sp³-hybridized carbons (Fsp3) is 0.235. The summed E-state index contributed by atoms with van der Waals surface area (Å²) in [5.74, 6) is -0.0538. The first-order valence-electron chi connectivity index (χ1n) is 7.20. The number of hydrogen-bond acceptors (Lipinski definition) is 3. The quantitative estimate of drug-likeness (QED) is 0.937. The molecule has 1 aliphatic rings. The number of anilines is 1. The lowest BCUT2D eigenvalue weighted by molar-refractivity contribution is -0.115. The van der Waals surface area contributed by atoms with Crippen LogP contribution in [0.5, 0.6) is 0 Å². The lowest BCUT2D eigenvalue weighted by atomic mass is 10.1. The Kier molecular flexibility index (Phi) is 3.87. The predicted octanol–water partition coefficient (Wildman–Crippen LogP) is 1.89. The third kappa shape index (κ3) is 2.98. The van der Waals surface area contributed by atoms with E-state index in [1.807, 2.05) is 12.1 Å². The van der Waals surface area contributed by atoms with Gasteiger partial charge in [-0.25, -0.2) is 0 Å². The average molecular weight is 295 g/mol. The molecule has 1 aromatic carbocycles. The Morgan fingerprint density at radius 1 is 1.27 bits per heavy atom. The normalized spacial score (nSPS) is 12.7. The van der Waals surface area contributed by atoms with Gasteiger partial charge in [0.2, 0.25) is 5.91 Å². The Labute approximate surface area is 129 Å². The Balaban J connectivity index is 1.66. The number of aromatic nitrogens is 1. The predicted molar refractivity (Wildman–Crippen MR) is 83.7 cm³/mol. The largest absolute Gasteiger partial charge is 0.341 e. The third-order valence-electron chi connectivity index (χ3n) is 3.81. The fourth-order valence-corrected chi connectivity index (χ4v) is 2.53. The molecule has 0 aliphatic carbocycles. The number of carbonyl (C=O) groups excluding carboxylic acids is 2. The molecule has 112 valence electrons. The molecule has 5 heteroatoms. The van der Waals surface area contributed by atoms with Crippen LogP contribution in [0.1, 0.15) is 21.5 Å². The van der Waals surface area contributed by atoms with Crippen molar-refractivity contribution in [2.75, 3.05) is 18.9 Å². The maximum Gasteiger partial charge on any atom is 0.253 e. The van der Waals surface area contributed by atoms with Crippen LogP contribution in [0.4, 0.5) is 5.69 Å². The van der Waals surface area contributed by atoms with Crippen LogP contribution < -0.4 is 5.32 Å². The zero-order valence-corrected chi connectivity index (χ0v) is 12.4. The van der Waals surface area contributed by atoms with E-state index in [4.69, 9.17) is 0 Å². The topological polar surface area (TPSA) is 62.3 Å². The maximum absolute atomic E-state index is 12.5. The van der Waals surface area contributed by atoms with Crippen LogP contribution in [0, 0.1) is 0 Å². The molecule has 3 rings (SSSR count). The summed E-state index contributed by atoms with van der Waals surface area (Å²) in [6.07, 6.45) is 4.64. The number of fused-ring (bicyclic) bond motifs is 1. The minimum absolute atomic E-state index is 0.0226. The Bertz CT molecular complexity index is 713. The number of carbonyl (C=O) groups is 2. The summed E-state index contributed by atoms with van der Waals surface area (Å²) in [4.78, 5) is 29.5. The highest BCUT2D eigenvalue weighted by atomic mass is 16.2. The maximum atomic E-state index is 12.5. The molecule has 22 heavy (non-hydrogen) atoms. The molecule has 1 N–H and O–H groups in total. The molecule has 0 saturated carbocycles. The Morgan fingerprint density at radius 2 is 2.05 bits per heavy atom. The lowest BCUT2D eigenvalue weighted by Crippen LogP contribution is -2.28. The van der Waals surface area contributed by atoms with Crippen molar-refractivity contribution in [3.8, 4) is 0 Å². The highest BCUT2D eigenvalue weighted by Crippen LogP contribution is 2.24. The number of benzene rings is 1. The number of amides is 2. The van der Waals surface area contributed by atoms with Gasteiger partial charge >= 0.3 is 0 Å². The first kappa shape index (κ1) is 14.3. The molecule has 2 amide bonds. The molecule has 0 fully saturated rings. The van der Waals surface area contributed by atoms with Crippen LogP contribution in [0.25, 0.3) is 0 Å². The van der Waals surface area contributed by atoms with E-state index >= 15 is 0 Å². The van der Waals surface area contributed by atoms with E-state index in [0.29, 0.717) is 18.5 Å². The molecule has 0 spiro atoms. The monoisotopic (exact) mass is 295 g/mol. The molecule has 2 heterocycles. The van der Waals surface area contributed by atoms with Crippen LogP contribution in [-0.2, 0) is 17.6 Å². The van der Waals surface area contributed by atoms with Crippen LogP contribution in [0.15, 0.2) is 42.7 Å². The second-order valence-corrected chi connectivity index (χ2v) is 5.43. The molecular weight excluding hydrogens is 278 g/mol. The number of rotatable bonds is 4. The summed E-state index contributed by atoms with van der Waals surface area (Å²) in [6.45, 7) is 0.636. The van der Waals surface area contributed by atoms with Gasteiger partial charge in [-0.1, -0.05) is 0 Å². The second-order valence-electron chi connectivity index (χ2n) is 5.43. The lowest BCUT2D eigenvalue weighted by Gasteiger charge is -2.17. The van der Waals surface area contributed by atoms with Gasteiger partial charge < -0.3 is 10.2 Å². The molecule has 0 saturated heterocycles. The molecule has 0 unspecified atom stereocenters. The van der Waals surface area contributed by atoms with Gasteiger partial charge in [-0.05, 0) is 47.9 Å². The molecular formula is C17H17N3O2. The highest BCUT2D eigenvalue weighted by Gasteiger charge is 2.20. The zero-order valence-electron chi connectivity index (χ0n) is 12.4. The fourth-order valence-electron chi connectivity index (χ4n) is 2.53. The molecule has 0 bridgehead atoms. The van der Waals surface area contributed by atoms with E-state index in [-0.39, 0.29) is 11.8 Å². The molecule has 5 nitrogen and oxygen atoms in total. The molecule has 2 aromatic rings. The summed E-state index contributed by atoms with van der Waals surface area (Å²) >= 11 is 0. The van der Waals surface area contributed by atoms with Crippen molar-refractivity contribution < 1.29 is 9.59 Å². The van der Waals surface area contributed by atoms with E-state index in [9.17, 15) is 9.59 Å².